The highest BCUT2D eigenvalue weighted by molar-refractivity contribution is 9.10. The van der Waals surface area contributed by atoms with E-state index in [1.165, 1.54) is 6.33 Å². The van der Waals surface area contributed by atoms with Crippen molar-refractivity contribution < 1.29 is 4.74 Å². The number of hydrogen-bond acceptors (Lipinski definition) is 5. The van der Waals surface area contributed by atoms with Crippen LogP contribution >= 0.6 is 15.9 Å². The van der Waals surface area contributed by atoms with E-state index in [4.69, 9.17) is 4.74 Å². The van der Waals surface area contributed by atoms with Crippen molar-refractivity contribution in [2.45, 2.75) is 26.7 Å². The van der Waals surface area contributed by atoms with Crippen LogP contribution in [-0.2, 0) is 6.42 Å². The summed E-state index contributed by atoms with van der Waals surface area (Å²) in [5.41, 5.74) is 0.973. The fourth-order valence-electron chi connectivity index (χ4n) is 1.76. The molecule has 0 aromatic carbocycles. The number of rotatable bonds is 6. The molecule has 6 heteroatoms. The predicted molar refractivity (Wildman–Crippen MR) is 82.2 cm³/mol. The lowest BCUT2D eigenvalue weighted by Gasteiger charge is -2.13. The van der Waals surface area contributed by atoms with Crippen molar-refractivity contribution in [2.75, 3.05) is 11.9 Å². The Morgan fingerprint density at radius 3 is 2.80 bits per heavy atom. The Morgan fingerprint density at radius 2 is 2.10 bits per heavy atom. The van der Waals surface area contributed by atoms with Gasteiger partial charge in [-0.1, -0.05) is 13.8 Å². The lowest BCUT2D eigenvalue weighted by molar-refractivity contribution is 0.453. The molecular weight excluding hydrogens is 320 g/mol. The first-order valence-corrected chi connectivity index (χ1v) is 7.40. The van der Waals surface area contributed by atoms with Crippen LogP contribution in [0.3, 0.4) is 0 Å². The molecule has 0 amide bonds. The molecule has 0 spiro atoms. The highest BCUT2D eigenvalue weighted by Gasteiger charge is 2.11. The fourth-order valence-corrected chi connectivity index (χ4v) is 2.10. The summed E-state index contributed by atoms with van der Waals surface area (Å²) in [5.74, 6) is 2.05. The van der Waals surface area contributed by atoms with E-state index in [1.807, 2.05) is 6.07 Å². The van der Waals surface area contributed by atoms with Crippen LogP contribution in [0.5, 0.6) is 11.6 Å². The van der Waals surface area contributed by atoms with Crippen molar-refractivity contribution in [2.24, 2.45) is 0 Å². The van der Waals surface area contributed by atoms with E-state index in [9.17, 15) is 0 Å². The van der Waals surface area contributed by atoms with Gasteiger partial charge in [-0.25, -0.2) is 9.97 Å². The summed E-state index contributed by atoms with van der Waals surface area (Å²) in [7, 11) is 0. The molecule has 2 rings (SSSR count). The summed E-state index contributed by atoms with van der Waals surface area (Å²) < 4.78 is 6.69. The average Bonchev–Trinajstić information content (AvgIpc) is 2.45. The summed E-state index contributed by atoms with van der Waals surface area (Å²) >= 11 is 3.37. The van der Waals surface area contributed by atoms with Gasteiger partial charge in [0.2, 0.25) is 5.88 Å². The van der Waals surface area contributed by atoms with E-state index in [2.05, 4.69) is 50.0 Å². The highest BCUT2D eigenvalue weighted by Crippen LogP contribution is 2.28. The zero-order valence-corrected chi connectivity index (χ0v) is 13.1. The second-order valence-corrected chi connectivity index (χ2v) is 5.14. The number of aromatic nitrogens is 3. The molecule has 0 fully saturated rings. The van der Waals surface area contributed by atoms with Crippen LogP contribution in [0, 0.1) is 0 Å². The van der Waals surface area contributed by atoms with Crippen molar-refractivity contribution in [1.29, 1.82) is 0 Å². The van der Waals surface area contributed by atoms with E-state index in [1.54, 1.807) is 12.4 Å². The van der Waals surface area contributed by atoms with Gasteiger partial charge in [0.15, 0.2) is 0 Å². The first-order chi connectivity index (χ1) is 9.74. The Morgan fingerprint density at radius 1 is 1.25 bits per heavy atom. The first-order valence-electron chi connectivity index (χ1n) is 6.60. The van der Waals surface area contributed by atoms with Crippen molar-refractivity contribution >= 4 is 21.7 Å². The molecule has 106 valence electrons. The van der Waals surface area contributed by atoms with Gasteiger partial charge in [0.25, 0.3) is 0 Å². The smallest absolute Gasteiger partial charge is 0.227 e. The molecule has 0 unspecified atom stereocenters. The number of nitrogens with one attached hydrogen (secondary N) is 1. The molecule has 0 aliphatic rings. The van der Waals surface area contributed by atoms with Crippen molar-refractivity contribution in [3.8, 4) is 11.6 Å². The molecule has 0 radical (unpaired) electrons. The van der Waals surface area contributed by atoms with E-state index >= 15 is 0 Å². The second-order valence-electron chi connectivity index (χ2n) is 4.23. The number of ether oxygens (including phenoxy) is 1. The van der Waals surface area contributed by atoms with Gasteiger partial charge in [-0.15, -0.1) is 0 Å². The molecule has 2 heterocycles. The Balaban J connectivity index is 2.26. The Labute approximate surface area is 127 Å². The molecule has 0 atom stereocenters. The Kier molecular flexibility index (Phi) is 5.29. The van der Waals surface area contributed by atoms with Crippen molar-refractivity contribution in [1.82, 2.24) is 15.0 Å². The summed E-state index contributed by atoms with van der Waals surface area (Å²) in [6.07, 6.45) is 6.72. The van der Waals surface area contributed by atoms with Crippen LogP contribution in [0.1, 0.15) is 25.8 Å². The van der Waals surface area contributed by atoms with Crippen LogP contribution in [0.25, 0.3) is 0 Å². The Hall–Kier alpha value is -1.69. The van der Waals surface area contributed by atoms with Gasteiger partial charge in [-0.3, -0.25) is 4.98 Å². The number of nitrogens with zero attached hydrogens (tertiary/aromatic N) is 3. The normalized spacial score (nSPS) is 10.3. The van der Waals surface area contributed by atoms with Gasteiger partial charge >= 0.3 is 0 Å². The topological polar surface area (TPSA) is 59.9 Å². The van der Waals surface area contributed by atoms with Gasteiger partial charge in [-0.05, 0) is 34.8 Å². The SMILES string of the molecule is CCCNc1ncnc(Oc2cncc(Br)c2)c1CC. The van der Waals surface area contributed by atoms with Crippen LogP contribution < -0.4 is 10.1 Å². The number of pyridine rings is 1. The van der Waals surface area contributed by atoms with Crippen LogP contribution in [-0.4, -0.2) is 21.5 Å². The quantitative estimate of drug-likeness (QED) is 0.869. The second kappa shape index (κ2) is 7.19. The predicted octanol–water partition coefficient (Wildman–Crippen LogP) is 3.81. The van der Waals surface area contributed by atoms with E-state index in [0.717, 1.165) is 35.2 Å². The molecule has 20 heavy (non-hydrogen) atoms. The highest BCUT2D eigenvalue weighted by atomic mass is 79.9. The van der Waals surface area contributed by atoms with Crippen molar-refractivity contribution in [3.63, 3.8) is 0 Å². The minimum Gasteiger partial charge on any atom is -0.437 e. The number of hydrogen-bond donors (Lipinski definition) is 1. The molecule has 0 bridgehead atoms. The zero-order chi connectivity index (χ0) is 14.4. The standard InChI is InChI=1S/C14H17BrN4O/c1-3-5-17-13-12(4-2)14(19-9-18-13)20-11-6-10(15)7-16-8-11/h6-9H,3-5H2,1-2H3,(H,17,18,19). The molecule has 0 aliphatic carbocycles. The van der Waals surface area contributed by atoms with Crippen LogP contribution in [0.15, 0.2) is 29.3 Å². The van der Waals surface area contributed by atoms with Gasteiger partial charge < -0.3 is 10.1 Å². The lowest BCUT2D eigenvalue weighted by Crippen LogP contribution is -2.07. The molecule has 0 saturated carbocycles. The third kappa shape index (κ3) is 3.66. The maximum atomic E-state index is 5.82. The third-order valence-electron chi connectivity index (χ3n) is 2.70. The lowest BCUT2D eigenvalue weighted by atomic mass is 10.2. The summed E-state index contributed by atoms with van der Waals surface area (Å²) in [5, 5.41) is 3.30. The van der Waals surface area contributed by atoms with Gasteiger partial charge in [-0.2, -0.15) is 0 Å². The minimum atomic E-state index is 0.570. The van der Waals surface area contributed by atoms with Gasteiger partial charge in [0.05, 0.1) is 11.8 Å². The number of anilines is 1. The maximum Gasteiger partial charge on any atom is 0.227 e. The maximum absolute atomic E-state index is 5.82. The van der Waals surface area contributed by atoms with Crippen molar-refractivity contribution in [3.05, 3.63) is 34.8 Å². The van der Waals surface area contributed by atoms with Gasteiger partial charge in [0, 0.05) is 17.2 Å². The summed E-state index contributed by atoms with van der Waals surface area (Å²) in [6.45, 7) is 5.05. The minimum absolute atomic E-state index is 0.570. The monoisotopic (exact) mass is 336 g/mol. The third-order valence-corrected chi connectivity index (χ3v) is 3.13. The molecule has 0 aliphatic heterocycles. The number of halogens is 1. The summed E-state index contributed by atoms with van der Waals surface area (Å²) in [4.78, 5) is 12.6. The molecule has 2 aromatic heterocycles. The zero-order valence-electron chi connectivity index (χ0n) is 11.6. The van der Waals surface area contributed by atoms with Crippen LogP contribution in [0.4, 0.5) is 5.82 Å². The molecular formula is C14H17BrN4O. The first kappa shape index (κ1) is 14.7. The molecule has 0 saturated heterocycles. The largest absolute Gasteiger partial charge is 0.437 e. The fraction of sp³-hybridized carbons (Fsp3) is 0.357. The Bertz CT molecular complexity index is 577. The van der Waals surface area contributed by atoms with E-state index in [0.29, 0.717) is 11.6 Å². The molecule has 1 N–H and O–H groups in total. The van der Waals surface area contributed by atoms with Crippen LogP contribution in [0.2, 0.25) is 0 Å². The molecule has 2 aromatic rings. The summed E-state index contributed by atoms with van der Waals surface area (Å²) in [6, 6.07) is 1.85. The molecule has 5 nitrogen and oxygen atoms in total. The van der Waals surface area contributed by atoms with E-state index < -0.39 is 0 Å². The van der Waals surface area contributed by atoms with E-state index in [-0.39, 0.29) is 0 Å². The average molecular weight is 337 g/mol. The van der Waals surface area contributed by atoms with Gasteiger partial charge in [0.1, 0.15) is 17.9 Å².